The topological polar surface area (TPSA) is 0 Å². The van der Waals surface area contributed by atoms with Crippen molar-refractivity contribution in [1.82, 2.24) is 0 Å². The molecule has 0 heteroatoms. The average Bonchev–Trinajstić information content (AvgIpc) is 2.88. The lowest BCUT2D eigenvalue weighted by Crippen LogP contribution is -2.71. The normalized spacial score (nSPS) is 54.3. The Hall–Kier alpha value is -0.260. The van der Waals surface area contributed by atoms with E-state index in [1.165, 1.54) is 57.8 Å². The molecule has 0 N–H and O–H groups in total. The van der Waals surface area contributed by atoms with Crippen LogP contribution in [0.25, 0.3) is 0 Å². The zero-order valence-corrected chi connectivity index (χ0v) is 30.1. The molecule has 0 saturated heterocycles. The van der Waals surface area contributed by atoms with Crippen LogP contribution in [0.3, 0.4) is 0 Å². The van der Waals surface area contributed by atoms with Crippen LogP contribution in [0.5, 0.6) is 0 Å². The third-order valence-corrected chi connectivity index (χ3v) is 17.0. The maximum absolute atomic E-state index is 5.17. The van der Waals surface area contributed by atoms with E-state index in [1.807, 2.05) is 0 Å². The molecule has 0 aromatic rings. The van der Waals surface area contributed by atoms with Crippen molar-refractivity contribution in [2.45, 2.75) is 148 Å². The molecule has 0 heterocycles. The molecule has 5 saturated carbocycles. The summed E-state index contributed by atoms with van der Waals surface area (Å²) in [5.74, 6) is 10.5. The van der Waals surface area contributed by atoms with Crippen LogP contribution in [0, 0.1) is 98.6 Å². The highest BCUT2D eigenvalue weighted by Crippen LogP contribution is 2.78. The molecular formula is C41H72. The lowest BCUT2D eigenvalue weighted by atomic mass is 9.28. The van der Waals surface area contributed by atoms with Gasteiger partial charge in [-0.1, -0.05) is 128 Å². The summed E-state index contributed by atoms with van der Waals surface area (Å²) in [5, 5.41) is 0. The molecule has 41 heavy (non-hydrogen) atoms. The van der Waals surface area contributed by atoms with Crippen LogP contribution in [-0.4, -0.2) is 0 Å². The number of allylic oxidation sites excluding steroid dienone is 1. The summed E-state index contributed by atoms with van der Waals surface area (Å²) in [5.41, 5.74) is 3.31. The van der Waals surface area contributed by atoms with E-state index in [0.717, 1.165) is 65.1 Å². The summed E-state index contributed by atoms with van der Waals surface area (Å²) >= 11 is 0. The molecule has 0 aromatic heterocycles. The lowest BCUT2D eigenvalue weighted by molar-refractivity contribution is -0.266. The third kappa shape index (κ3) is 4.53. The summed E-state index contributed by atoms with van der Waals surface area (Å²) in [7, 11) is 0. The molecule has 236 valence electrons. The monoisotopic (exact) mass is 565 g/mol. The molecule has 0 amide bonds. The van der Waals surface area contributed by atoms with Gasteiger partial charge in [-0.15, -0.1) is 0 Å². The van der Waals surface area contributed by atoms with Gasteiger partial charge in [0.25, 0.3) is 0 Å². The van der Waals surface area contributed by atoms with E-state index in [-0.39, 0.29) is 0 Å². The quantitative estimate of drug-likeness (QED) is 0.299. The van der Waals surface area contributed by atoms with Crippen molar-refractivity contribution in [2.24, 2.45) is 98.6 Å². The largest absolute Gasteiger partial charge is 0.0992 e. The van der Waals surface area contributed by atoms with Crippen molar-refractivity contribution >= 4 is 0 Å². The first-order valence-electron chi connectivity index (χ1n) is 18.6. The standard InChI is InChI=1S/C41H72/c1-24(2)35-26(4)23-39(12)30(8)40(13)34(22-31-18-20-32(21-19-31)38(9,10)11)33-17-15-16-25(3)36(33)27(5)37(40)29(7)41(39,14)28(35)6/h24-26,28-37H,5,15-23H2,1-4,6-14H3. The Morgan fingerprint density at radius 2 is 1.44 bits per heavy atom. The van der Waals surface area contributed by atoms with E-state index in [4.69, 9.17) is 6.58 Å². The number of hydrogen-bond acceptors (Lipinski definition) is 0. The first-order valence-corrected chi connectivity index (χ1v) is 18.6. The second kappa shape index (κ2) is 10.7. The first kappa shape index (κ1) is 32.1. The summed E-state index contributed by atoms with van der Waals surface area (Å²) in [4.78, 5) is 0. The highest BCUT2D eigenvalue weighted by molar-refractivity contribution is 5.29. The minimum absolute atomic E-state index is 0.362. The molecular weight excluding hydrogens is 492 g/mol. The number of hydrogen-bond donors (Lipinski definition) is 0. The van der Waals surface area contributed by atoms with Crippen LogP contribution < -0.4 is 0 Å². The van der Waals surface area contributed by atoms with Crippen molar-refractivity contribution in [2.75, 3.05) is 0 Å². The maximum atomic E-state index is 5.17. The molecule has 0 radical (unpaired) electrons. The Kier molecular flexibility index (Phi) is 8.37. The van der Waals surface area contributed by atoms with Gasteiger partial charge in [0.05, 0.1) is 0 Å². The van der Waals surface area contributed by atoms with Crippen molar-refractivity contribution in [3.05, 3.63) is 12.2 Å². The van der Waals surface area contributed by atoms with Gasteiger partial charge in [-0.05, 0) is 131 Å². The second-order valence-corrected chi connectivity index (χ2v) is 19.4. The van der Waals surface area contributed by atoms with E-state index in [1.54, 1.807) is 5.57 Å². The fourth-order valence-corrected chi connectivity index (χ4v) is 14.6. The summed E-state index contributed by atoms with van der Waals surface area (Å²) in [6.07, 6.45) is 13.2. The van der Waals surface area contributed by atoms with Crippen LogP contribution in [0.1, 0.15) is 148 Å². The fourth-order valence-electron chi connectivity index (χ4n) is 14.6. The van der Waals surface area contributed by atoms with Gasteiger partial charge >= 0.3 is 0 Å². The van der Waals surface area contributed by atoms with Gasteiger partial charge in [-0.3, -0.25) is 0 Å². The van der Waals surface area contributed by atoms with Crippen LogP contribution in [0.4, 0.5) is 0 Å². The first-order chi connectivity index (χ1) is 18.9. The zero-order valence-electron chi connectivity index (χ0n) is 30.1. The van der Waals surface area contributed by atoms with Gasteiger partial charge < -0.3 is 0 Å². The van der Waals surface area contributed by atoms with Crippen LogP contribution in [0.2, 0.25) is 0 Å². The molecule has 13 unspecified atom stereocenters. The Labute approximate surface area is 258 Å². The predicted octanol–water partition coefficient (Wildman–Crippen LogP) is 12.3. The number of rotatable bonds is 3. The van der Waals surface area contributed by atoms with E-state index in [0.29, 0.717) is 33.5 Å². The van der Waals surface area contributed by atoms with Crippen molar-refractivity contribution in [3.63, 3.8) is 0 Å². The van der Waals surface area contributed by atoms with E-state index >= 15 is 0 Å². The average molecular weight is 565 g/mol. The molecule has 5 fully saturated rings. The van der Waals surface area contributed by atoms with Gasteiger partial charge in [-0.25, -0.2) is 0 Å². The van der Waals surface area contributed by atoms with Crippen molar-refractivity contribution in [1.29, 1.82) is 0 Å². The zero-order chi connectivity index (χ0) is 30.4. The Morgan fingerprint density at radius 3 is 2.00 bits per heavy atom. The molecule has 5 rings (SSSR count). The van der Waals surface area contributed by atoms with Gasteiger partial charge in [-0.2, -0.15) is 0 Å². The molecule has 13 atom stereocenters. The summed E-state index contributed by atoms with van der Waals surface area (Å²) < 4.78 is 0. The lowest BCUT2D eigenvalue weighted by Gasteiger charge is -2.76. The molecule has 5 aliphatic rings. The molecule has 0 aromatic carbocycles. The smallest absolute Gasteiger partial charge is 0.0112 e. The van der Waals surface area contributed by atoms with E-state index in [9.17, 15) is 0 Å². The van der Waals surface area contributed by atoms with Gasteiger partial charge in [0.1, 0.15) is 0 Å². The Morgan fingerprint density at radius 1 is 0.829 bits per heavy atom. The second-order valence-electron chi connectivity index (χ2n) is 19.4. The Bertz CT molecular complexity index is 957. The van der Waals surface area contributed by atoms with Gasteiger partial charge in [0.15, 0.2) is 0 Å². The SMILES string of the molecule is C=C1C2C(C)CCCC2C(CC2CCC(C(C)(C)C)CC2)C2(C)C1C(C)C1(C)C(C)C(C(C)C)C(C)CC1(C)C2C. The highest BCUT2D eigenvalue weighted by atomic mass is 14.8. The minimum Gasteiger partial charge on any atom is -0.0992 e. The minimum atomic E-state index is 0.362. The van der Waals surface area contributed by atoms with Crippen molar-refractivity contribution < 1.29 is 0 Å². The van der Waals surface area contributed by atoms with E-state index < -0.39 is 0 Å². The Balaban J connectivity index is 1.58. The highest BCUT2D eigenvalue weighted by Gasteiger charge is 2.72. The van der Waals surface area contributed by atoms with Crippen molar-refractivity contribution in [3.8, 4) is 0 Å². The maximum Gasteiger partial charge on any atom is -0.0112 e. The molecule has 5 aliphatic carbocycles. The molecule has 0 aliphatic heterocycles. The van der Waals surface area contributed by atoms with Gasteiger partial charge in [0, 0.05) is 0 Å². The molecule has 0 nitrogen and oxygen atoms in total. The summed E-state index contributed by atoms with van der Waals surface area (Å²) in [6, 6.07) is 0. The van der Waals surface area contributed by atoms with Crippen LogP contribution in [-0.2, 0) is 0 Å². The van der Waals surface area contributed by atoms with Gasteiger partial charge in [0.2, 0.25) is 0 Å². The molecule has 0 bridgehead atoms. The van der Waals surface area contributed by atoms with E-state index in [2.05, 4.69) is 90.0 Å². The molecule has 0 spiro atoms. The number of fused-ring (bicyclic) bond motifs is 3. The third-order valence-electron chi connectivity index (χ3n) is 17.0. The van der Waals surface area contributed by atoms with Crippen LogP contribution >= 0.6 is 0 Å². The fraction of sp³-hybridized carbons (Fsp3) is 0.951. The predicted molar refractivity (Wildman–Crippen MR) is 180 cm³/mol. The van der Waals surface area contributed by atoms with Crippen LogP contribution in [0.15, 0.2) is 12.2 Å². The summed E-state index contributed by atoms with van der Waals surface area (Å²) in [6.45, 7) is 39.5.